The standard InChI is InChI=1S/C15H21BrN2O2/c1-11(12-2-4-13(16)5-3-12)17-15(20)10-18-8-6-14(19)7-9-18/h2-5,11,14,19H,6-10H2,1H3,(H,17,20). The number of hydrogen-bond donors (Lipinski definition) is 2. The smallest absolute Gasteiger partial charge is 0.234 e. The lowest BCUT2D eigenvalue weighted by molar-refractivity contribution is -0.123. The number of hydrogen-bond acceptors (Lipinski definition) is 3. The second-order valence-corrected chi connectivity index (χ2v) is 6.26. The molecule has 1 fully saturated rings. The van der Waals surface area contributed by atoms with Crippen molar-refractivity contribution >= 4 is 21.8 Å². The van der Waals surface area contributed by atoms with E-state index in [1.807, 2.05) is 31.2 Å². The number of benzene rings is 1. The molecule has 0 bridgehead atoms. The van der Waals surface area contributed by atoms with E-state index in [4.69, 9.17) is 0 Å². The van der Waals surface area contributed by atoms with Gasteiger partial charge in [-0.25, -0.2) is 0 Å². The van der Waals surface area contributed by atoms with Crippen LogP contribution in [-0.2, 0) is 4.79 Å². The van der Waals surface area contributed by atoms with Crippen molar-refractivity contribution < 1.29 is 9.90 Å². The van der Waals surface area contributed by atoms with Crippen LogP contribution in [0.4, 0.5) is 0 Å². The molecule has 0 radical (unpaired) electrons. The molecule has 1 atom stereocenters. The summed E-state index contributed by atoms with van der Waals surface area (Å²) >= 11 is 3.40. The van der Waals surface area contributed by atoms with Gasteiger partial charge in [0.2, 0.25) is 5.91 Å². The van der Waals surface area contributed by atoms with Crippen LogP contribution in [0.15, 0.2) is 28.7 Å². The lowest BCUT2D eigenvalue weighted by atomic mass is 10.1. The van der Waals surface area contributed by atoms with E-state index in [0.717, 1.165) is 36.0 Å². The van der Waals surface area contributed by atoms with Gasteiger partial charge in [0.05, 0.1) is 18.7 Å². The van der Waals surface area contributed by atoms with Crippen molar-refractivity contribution in [1.29, 1.82) is 0 Å². The molecular formula is C15H21BrN2O2. The summed E-state index contributed by atoms with van der Waals surface area (Å²) in [6.45, 7) is 3.98. The van der Waals surface area contributed by atoms with Gasteiger partial charge in [0.15, 0.2) is 0 Å². The minimum Gasteiger partial charge on any atom is -0.393 e. The largest absolute Gasteiger partial charge is 0.393 e. The van der Waals surface area contributed by atoms with Crippen molar-refractivity contribution in [3.05, 3.63) is 34.3 Å². The number of carbonyl (C=O) groups excluding carboxylic acids is 1. The average Bonchev–Trinajstić information content (AvgIpc) is 2.42. The number of amides is 1. The van der Waals surface area contributed by atoms with Gasteiger partial charge in [-0.1, -0.05) is 28.1 Å². The summed E-state index contributed by atoms with van der Waals surface area (Å²) < 4.78 is 1.03. The molecule has 0 saturated carbocycles. The third-order valence-corrected chi connectivity index (χ3v) is 4.20. The highest BCUT2D eigenvalue weighted by molar-refractivity contribution is 9.10. The topological polar surface area (TPSA) is 52.6 Å². The zero-order valence-electron chi connectivity index (χ0n) is 11.7. The van der Waals surface area contributed by atoms with Gasteiger partial charge in [-0.2, -0.15) is 0 Å². The minimum atomic E-state index is -0.198. The third-order valence-electron chi connectivity index (χ3n) is 3.67. The number of halogens is 1. The Bertz CT molecular complexity index is 442. The maximum atomic E-state index is 12.0. The molecule has 1 amide bonds. The fourth-order valence-electron chi connectivity index (χ4n) is 2.40. The molecule has 1 heterocycles. The fourth-order valence-corrected chi connectivity index (χ4v) is 2.67. The molecule has 0 aromatic heterocycles. The second kappa shape index (κ2) is 7.20. The first-order valence-electron chi connectivity index (χ1n) is 7.00. The Morgan fingerprint density at radius 1 is 1.40 bits per heavy atom. The van der Waals surface area contributed by atoms with Crippen molar-refractivity contribution in [2.24, 2.45) is 0 Å². The summed E-state index contributed by atoms with van der Waals surface area (Å²) in [5, 5.41) is 12.5. The number of aliphatic hydroxyl groups excluding tert-OH is 1. The average molecular weight is 341 g/mol. The second-order valence-electron chi connectivity index (χ2n) is 5.35. The SMILES string of the molecule is CC(NC(=O)CN1CCC(O)CC1)c1ccc(Br)cc1. The highest BCUT2D eigenvalue weighted by Crippen LogP contribution is 2.16. The number of rotatable bonds is 4. The Morgan fingerprint density at radius 2 is 2.00 bits per heavy atom. The van der Waals surface area contributed by atoms with Gasteiger partial charge in [0.25, 0.3) is 0 Å². The van der Waals surface area contributed by atoms with E-state index in [1.165, 1.54) is 0 Å². The van der Waals surface area contributed by atoms with E-state index >= 15 is 0 Å². The number of nitrogens with one attached hydrogen (secondary N) is 1. The molecule has 2 rings (SSSR count). The highest BCUT2D eigenvalue weighted by Gasteiger charge is 2.19. The summed E-state index contributed by atoms with van der Waals surface area (Å²) in [5.41, 5.74) is 1.09. The first kappa shape index (κ1) is 15.5. The molecule has 5 heteroatoms. The molecule has 1 aromatic rings. The Kier molecular flexibility index (Phi) is 5.57. The van der Waals surface area contributed by atoms with Crippen molar-refractivity contribution in [3.63, 3.8) is 0 Å². The van der Waals surface area contributed by atoms with Gasteiger partial charge < -0.3 is 10.4 Å². The zero-order chi connectivity index (χ0) is 14.5. The number of piperidine rings is 1. The van der Waals surface area contributed by atoms with Crippen LogP contribution >= 0.6 is 15.9 Å². The predicted octanol–water partition coefficient (Wildman–Crippen LogP) is 2.08. The predicted molar refractivity (Wildman–Crippen MR) is 82.4 cm³/mol. The molecule has 1 unspecified atom stereocenters. The van der Waals surface area contributed by atoms with E-state index in [2.05, 4.69) is 26.1 Å². The van der Waals surface area contributed by atoms with E-state index < -0.39 is 0 Å². The first-order chi connectivity index (χ1) is 9.54. The molecule has 1 aromatic carbocycles. The summed E-state index contributed by atoms with van der Waals surface area (Å²) in [4.78, 5) is 14.1. The monoisotopic (exact) mass is 340 g/mol. The molecule has 0 spiro atoms. The lowest BCUT2D eigenvalue weighted by Crippen LogP contribution is -2.43. The Balaban J connectivity index is 1.80. The van der Waals surface area contributed by atoms with Crippen LogP contribution in [0, 0.1) is 0 Å². The van der Waals surface area contributed by atoms with Gasteiger partial charge in [-0.3, -0.25) is 9.69 Å². The minimum absolute atomic E-state index is 0.00554. The van der Waals surface area contributed by atoms with Gasteiger partial charge in [0, 0.05) is 17.6 Å². The number of carbonyl (C=O) groups is 1. The van der Waals surface area contributed by atoms with Crippen LogP contribution in [0.5, 0.6) is 0 Å². The van der Waals surface area contributed by atoms with Crippen LogP contribution in [-0.4, -0.2) is 41.7 Å². The van der Waals surface area contributed by atoms with E-state index in [0.29, 0.717) is 6.54 Å². The molecule has 1 aliphatic rings. The van der Waals surface area contributed by atoms with Crippen molar-refractivity contribution in [2.45, 2.75) is 31.9 Å². The lowest BCUT2D eigenvalue weighted by Gasteiger charge is -2.29. The maximum absolute atomic E-state index is 12.0. The van der Waals surface area contributed by atoms with Crippen molar-refractivity contribution in [2.75, 3.05) is 19.6 Å². The first-order valence-corrected chi connectivity index (χ1v) is 7.79. The quantitative estimate of drug-likeness (QED) is 0.882. The van der Waals surface area contributed by atoms with Crippen LogP contribution in [0.25, 0.3) is 0 Å². The summed E-state index contributed by atoms with van der Waals surface area (Å²) in [7, 11) is 0. The van der Waals surface area contributed by atoms with Crippen LogP contribution in [0.1, 0.15) is 31.4 Å². The highest BCUT2D eigenvalue weighted by atomic mass is 79.9. The zero-order valence-corrected chi connectivity index (χ0v) is 13.3. The van der Waals surface area contributed by atoms with E-state index in [9.17, 15) is 9.90 Å². The van der Waals surface area contributed by atoms with E-state index in [1.54, 1.807) is 0 Å². The van der Waals surface area contributed by atoms with Crippen LogP contribution < -0.4 is 5.32 Å². The van der Waals surface area contributed by atoms with Gasteiger partial charge in [0.1, 0.15) is 0 Å². The van der Waals surface area contributed by atoms with Gasteiger partial charge in [-0.15, -0.1) is 0 Å². The summed E-state index contributed by atoms with van der Waals surface area (Å²) in [6, 6.07) is 7.97. The molecule has 20 heavy (non-hydrogen) atoms. The molecule has 1 saturated heterocycles. The molecule has 4 nitrogen and oxygen atoms in total. The number of likely N-dealkylation sites (tertiary alicyclic amines) is 1. The normalized spacial score (nSPS) is 18.8. The van der Waals surface area contributed by atoms with Crippen LogP contribution in [0.2, 0.25) is 0 Å². The Labute approximate surface area is 128 Å². The van der Waals surface area contributed by atoms with E-state index in [-0.39, 0.29) is 18.1 Å². The van der Waals surface area contributed by atoms with Crippen molar-refractivity contribution in [1.82, 2.24) is 10.2 Å². The summed E-state index contributed by atoms with van der Waals surface area (Å²) in [6.07, 6.45) is 1.32. The van der Waals surface area contributed by atoms with Crippen LogP contribution in [0.3, 0.4) is 0 Å². The molecule has 1 aliphatic heterocycles. The fraction of sp³-hybridized carbons (Fsp3) is 0.533. The molecular weight excluding hydrogens is 320 g/mol. The summed E-state index contributed by atoms with van der Waals surface area (Å²) in [5.74, 6) is 0.0387. The number of aliphatic hydroxyl groups is 1. The Hall–Kier alpha value is -0.910. The molecule has 2 N–H and O–H groups in total. The molecule has 0 aliphatic carbocycles. The maximum Gasteiger partial charge on any atom is 0.234 e. The number of nitrogens with zero attached hydrogens (tertiary/aromatic N) is 1. The third kappa shape index (κ3) is 4.58. The van der Waals surface area contributed by atoms with Crippen molar-refractivity contribution in [3.8, 4) is 0 Å². The van der Waals surface area contributed by atoms with Gasteiger partial charge >= 0.3 is 0 Å². The molecule has 110 valence electrons. The van der Waals surface area contributed by atoms with Gasteiger partial charge in [-0.05, 0) is 37.5 Å². The Morgan fingerprint density at radius 3 is 2.60 bits per heavy atom.